The van der Waals surface area contributed by atoms with Crippen molar-refractivity contribution in [2.75, 3.05) is 4.72 Å². The lowest BCUT2D eigenvalue weighted by Crippen LogP contribution is -2.15. The molecule has 2 aromatic carbocycles. The van der Waals surface area contributed by atoms with Gasteiger partial charge in [0, 0.05) is 13.1 Å². The Bertz CT molecular complexity index is 1110. The molecule has 0 aliphatic rings. The molecule has 0 radical (unpaired) electrons. The fraction of sp³-hybridized carbons (Fsp3) is 0.278. The van der Waals surface area contributed by atoms with Gasteiger partial charge in [-0.3, -0.25) is 9.29 Å². The van der Waals surface area contributed by atoms with Gasteiger partial charge in [-0.05, 0) is 36.1 Å². The molecule has 0 aliphatic heterocycles. The van der Waals surface area contributed by atoms with Crippen LogP contribution < -0.4 is 10.5 Å². The van der Waals surface area contributed by atoms with E-state index in [0.29, 0.717) is 11.2 Å². The Balaban J connectivity index is 2.08. The maximum absolute atomic E-state index is 12.8. The number of nitrogens with zero attached hydrogens (tertiary/aromatic N) is 1. The fourth-order valence-electron chi connectivity index (χ4n) is 2.79. The van der Waals surface area contributed by atoms with E-state index in [1.54, 1.807) is 13.1 Å². The third-order valence-corrected chi connectivity index (χ3v) is 5.58. The highest BCUT2D eigenvalue weighted by molar-refractivity contribution is 7.92. The average Bonchev–Trinajstić information content (AvgIpc) is 2.83. The summed E-state index contributed by atoms with van der Waals surface area (Å²) in [4.78, 5) is 11.6. The Labute approximate surface area is 146 Å². The molecule has 1 N–H and O–H groups in total. The molecular formula is C18H20N2O4S. The Hall–Kier alpha value is -2.54. The normalized spacial score (nSPS) is 12.0. The third-order valence-electron chi connectivity index (χ3n) is 4.24. The zero-order valence-corrected chi connectivity index (χ0v) is 15.3. The van der Waals surface area contributed by atoms with Gasteiger partial charge in [-0.25, -0.2) is 13.2 Å². The first-order valence-electron chi connectivity index (χ1n) is 7.92. The van der Waals surface area contributed by atoms with E-state index in [4.69, 9.17) is 4.42 Å². The van der Waals surface area contributed by atoms with Gasteiger partial charge in [0.05, 0.1) is 16.1 Å². The number of sulfonamides is 1. The third kappa shape index (κ3) is 3.07. The van der Waals surface area contributed by atoms with Crippen LogP contribution in [0.25, 0.3) is 11.1 Å². The lowest BCUT2D eigenvalue weighted by molar-refractivity contribution is 0.527. The van der Waals surface area contributed by atoms with Crippen LogP contribution >= 0.6 is 0 Å². The van der Waals surface area contributed by atoms with Gasteiger partial charge in [-0.15, -0.1) is 0 Å². The highest BCUT2D eigenvalue weighted by Crippen LogP contribution is 2.30. The number of aromatic nitrogens is 1. The summed E-state index contributed by atoms with van der Waals surface area (Å²) in [5.41, 5.74) is 3.15. The van der Waals surface area contributed by atoms with Crippen molar-refractivity contribution in [1.82, 2.24) is 4.57 Å². The second-order valence-corrected chi connectivity index (χ2v) is 8.04. The first kappa shape index (κ1) is 17.3. The van der Waals surface area contributed by atoms with Crippen LogP contribution in [0.2, 0.25) is 0 Å². The summed E-state index contributed by atoms with van der Waals surface area (Å²) in [5, 5.41) is 0. The number of oxazole rings is 1. The second-order valence-electron chi connectivity index (χ2n) is 6.36. The van der Waals surface area contributed by atoms with Crippen LogP contribution in [0.15, 0.2) is 50.5 Å². The van der Waals surface area contributed by atoms with Crippen molar-refractivity contribution >= 4 is 26.8 Å². The molecule has 0 atom stereocenters. The molecule has 0 bridgehead atoms. The summed E-state index contributed by atoms with van der Waals surface area (Å²) in [6, 6.07) is 10.1. The standard InChI is InChI=1S/C18H20N2O4S/c1-11(2)14-7-5-6-12(3)17(14)19-25(22,23)13-8-9-15-16(10-13)24-18(21)20(15)4/h5-11,19H,1-4H3. The van der Waals surface area contributed by atoms with Gasteiger partial charge in [0.25, 0.3) is 10.0 Å². The number of aryl methyl sites for hydroxylation is 2. The topological polar surface area (TPSA) is 81.3 Å². The van der Waals surface area contributed by atoms with Crippen molar-refractivity contribution in [2.45, 2.75) is 31.6 Å². The van der Waals surface area contributed by atoms with Gasteiger partial charge in [0.15, 0.2) is 5.58 Å². The van der Waals surface area contributed by atoms with E-state index in [2.05, 4.69) is 4.72 Å². The van der Waals surface area contributed by atoms with E-state index in [1.165, 1.54) is 16.7 Å². The predicted octanol–water partition coefficient (Wildman–Crippen LogP) is 3.36. The number of para-hydroxylation sites is 1. The molecule has 7 heteroatoms. The summed E-state index contributed by atoms with van der Waals surface area (Å²) >= 11 is 0. The molecular weight excluding hydrogens is 340 g/mol. The van der Waals surface area contributed by atoms with Crippen LogP contribution in [-0.2, 0) is 17.1 Å². The molecule has 0 spiro atoms. The fourth-order valence-corrected chi connectivity index (χ4v) is 3.96. The summed E-state index contributed by atoms with van der Waals surface area (Å²) < 4.78 is 34.8. The predicted molar refractivity (Wildman–Crippen MR) is 97.5 cm³/mol. The lowest BCUT2D eigenvalue weighted by Gasteiger charge is -2.17. The van der Waals surface area contributed by atoms with Crippen LogP contribution in [0, 0.1) is 6.92 Å². The molecule has 132 valence electrons. The molecule has 0 saturated carbocycles. The summed E-state index contributed by atoms with van der Waals surface area (Å²) in [7, 11) is -2.24. The molecule has 0 aliphatic carbocycles. The number of anilines is 1. The van der Waals surface area contributed by atoms with E-state index in [1.807, 2.05) is 39.0 Å². The number of rotatable bonds is 4. The number of hydrogen-bond acceptors (Lipinski definition) is 4. The molecule has 25 heavy (non-hydrogen) atoms. The van der Waals surface area contributed by atoms with Crippen molar-refractivity contribution in [2.24, 2.45) is 7.05 Å². The van der Waals surface area contributed by atoms with Crippen LogP contribution in [0.5, 0.6) is 0 Å². The first-order valence-corrected chi connectivity index (χ1v) is 9.41. The van der Waals surface area contributed by atoms with Gasteiger partial charge < -0.3 is 4.42 Å². The maximum Gasteiger partial charge on any atom is 0.419 e. The molecule has 3 rings (SSSR count). The van der Waals surface area contributed by atoms with Gasteiger partial charge in [-0.1, -0.05) is 32.0 Å². The number of nitrogens with one attached hydrogen (secondary N) is 1. The minimum absolute atomic E-state index is 0.0484. The van der Waals surface area contributed by atoms with Crippen LogP contribution in [0.4, 0.5) is 5.69 Å². The van der Waals surface area contributed by atoms with Crippen molar-refractivity contribution < 1.29 is 12.8 Å². The van der Waals surface area contributed by atoms with Gasteiger partial charge in [0.2, 0.25) is 0 Å². The van der Waals surface area contributed by atoms with Crippen molar-refractivity contribution in [1.29, 1.82) is 0 Å². The quantitative estimate of drug-likeness (QED) is 0.773. The zero-order valence-electron chi connectivity index (χ0n) is 14.5. The Kier molecular flexibility index (Phi) is 4.20. The van der Waals surface area contributed by atoms with Gasteiger partial charge in [0.1, 0.15) is 0 Å². The minimum Gasteiger partial charge on any atom is -0.408 e. The zero-order chi connectivity index (χ0) is 18.4. The largest absolute Gasteiger partial charge is 0.419 e. The summed E-state index contributed by atoms with van der Waals surface area (Å²) in [6.07, 6.45) is 0. The first-order chi connectivity index (χ1) is 11.7. The molecule has 3 aromatic rings. The van der Waals surface area contributed by atoms with E-state index < -0.39 is 15.8 Å². The molecule has 0 fully saturated rings. The SMILES string of the molecule is Cc1cccc(C(C)C)c1NS(=O)(=O)c1ccc2c(c1)oc(=O)n2C. The highest BCUT2D eigenvalue weighted by atomic mass is 32.2. The van der Waals surface area contributed by atoms with Gasteiger partial charge >= 0.3 is 5.76 Å². The lowest BCUT2D eigenvalue weighted by atomic mass is 9.99. The van der Waals surface area contributed by atoms with E-state index in [0.717, 1.165) is 11.1 Å². The van der Waals surface area contributed by atoms with E-state index in [-0.39, 0.29) is 16.4 Å². The molecule has 1 heterocycles. The van der Waals surface area contributed by atoms with Crippen molar-refractivity contribution in [3.8, 4) is 0 Å². The van der Waals surface area contributed by atoms with Crippen molar-refractivity contribution in [3.63, 3.8) is 0 Å². The highest BCUT2D eigenvalue weighted by Gasteiger charge is 2.20. The summed E-state index contributed by atoms with van der Waals surface area (Å²) in [6.45, 7) is 5.89. The molecule has 0 unspecified atom stereocenters. The minimum atomic E-state index is -3.81. The molecule has 0 saturated heterocycles. The van der Waals surface area contributed by atoms with E-state index in [9.17, 15) is 13.2 Å². The smallest absolute Gasteiger partial charge is 0.408 e. The monoisotopic (exact) mass is 360 g/mol. The number of fused-ring (bicyclic) bond motifs is 1. The van der Waals surface area contributed by atoms with Crippen LogP contribution in [-0.4, -0.2) is 13.0 Å². The average molecular weight is 360 g/mol. The Morgan fingerprint density at radius 3 is 2.56 bits per heavy atom. The molecule has 0 amide bonds. The Morgan fingerprint density at radius 1 is 1.16 bits per heavy atom. The van der Waals surface area contributed by atoms with Crippen LogP contribution in [0.1, 0.15) is 30.9 Å². The molecule has 1 aromatic heterocycles. The van der Waals surface area contributed by atoms with Gasteiger partial charge in [-0.2, -0.15) is 0 Å². The number of hydrogen-bond donors (Lipinski definition) is 1. The van der Waals surface area contributed by atoms with Crippen molar-refractivity contribution in [3.05, 3.63) is 58.1 Å². The Morgan fingerprint density at radius 2 is 1.88 bits per heavy atom. The number of benzene rings is 2. The van der Waals surface area contributed by atoms with Crippen LogP contribution in [0.3, 0.4) is 0 Å². The maximum atomic E-state index is 12.8. The molecule has 6 nitrogen and oxygen atoms in total. The summed E-state index contributed by atoms with van der Waals surface area (Å²) in [5.74, 6) is -0.356. The second kappa shape index (κ2) is 6.07. The van der Waals surface area contributed by atoms with E-state index >= 15 is 0 Å².